The summed E-state index contributed by atoms with van der Waals surface area (Å²) in [6, 6.07) is 60.0. The first-order valence-corrected chi connectivity index (χ1v) is 18.0. The minimum atomic E-state index is 1.02. The van der Waals surface area contributed by atoms with Crippen molar-refractivity contribution in [2.45, 2.75) is 6.92 Å². The van der Waals surface area contributed by atoms with E-state index in [1.54, 1.807) is 0 Å². The Labute approximate surface area is 302 Å². The molecule has 0 aliphatic rings. The molecule has 9 aromatic carbocycles. The second-order valence-electron chi connectivity index (χ2n) is 13.7. The minimum absolute atomic E-state index is 1.02. The van der Waals surface area contributed by atoms with Crippen molar-refractivity contribution in [1.82, 2.24) is 4.57 Å². The Morgan fingerprint density at radius 1 is 0.481 bits per heavy atom. The number of nitrogens with zero attached hydrogens (tertiary/aromatic N) is 1. The van der Waals surface area contributed by atoms with Gasteiger partial charge >= 0.3 is 0 Å². The maximum absolute atomic E-state index is 4.80. The molecule has 0 unspecified atom stereocenters. The van der Waals surface area contributed by atoms with Gasteiger partial charge in [-0.15, -0.1) is 0 Å². The van der Waals surface area contributed by atoms with Gasteiger partial charge in [-0.2, -0.15) is 0 Å². The van der Waals surface area contributed by atoms with Crippen LogP contribution in [0.25, 0.3) is 105 Å². The summed E-state index contributed by atoms with van der Waals surface area (Å²) in [5.41, 5.74) is 8.24. The summed E-state index contributed by atoms with van der Waals surface area (Å²) in [5, 5.41) is 14.7. The molecule has 0 saturated carbocycles. The third kappa shape index (κ3) is 4.56. The molecule has 10 aromatic rings. The maximum Gasteiger partial charge on any atom is 0.0625 e. The van der Waals surface area contributed by atoms with Crippen molar-refractivity contribution in [2.24, 2.45) is 0 Å². The molecule has 244 valence electrons. The van der Waals surface area contributed by atoms with Crippen LogP contribution in [0.3, 0.4) is 0 Å². The SMILES string of the molecule is C=c1c(-c2ccc3c4ccccc4c4ccccc4c3c2)c2c(c/c1=C/C=C\C)c1ccccc1n2-c1ccc(-c2cccc3ccccc23)cc1. The van der Waals surface area contributed by atoms with E-state index < -0.39 is 0 Å². The average molecular weight is 662 g/mol. The van der Waals surface area contributed by atoms with Crippen LogP contribution in [0, 0.1) is 0 Å². The molecule has 52 heavy (non-hydrogen) atoms. The van der Waals surface area contributed by atoms with Gasteiger partial charge < -0.3 is 4.57 Å². The Morgan fingerprint density at radius 3 is 1.77 bits per heavy atom. The Kier molecular flexibility index (Phi) is 6.94. The number of para-hydroxylation sites is 1. The van der Waals surface area contributed by atoms with Gasteiger partial charge in [-0.1, -0.05) is 158 Å². The van der Waals surface area contributed by atoms with E-state index in [1.807, 2.05) is 0 Å². The zero-order valence-corrected chi connectivity index (χ0v) is 29.0. The summed E-state index contributed by atoms with van der Waals surface area (Å²) in [4.78, 5) is 0. The molecule has 0 radical (unpaired) electrons. The van der Waals surface area contributed by atoms with E-state index in [0.717, 1.165) is 27.3 Å². The van der Waals surface area contributed by atoms with E-state index in [2.05, 4.69) is 194 Å². The number of allylic oxidation sites excluding steroid dienone is 2. The van der Waals surface area contributed by atoms with Crippen LogP contribution in [0.4, 0.5) is 0 Å². The fourth-order valence-corrected chi connectivity index (χ4v) is 8.45. The normalized spacial score (nSPS) is 12.4. The Bertz CT molecular complexity index is 3150. The molecule has 0 fully saturated rings. The van der Waals surface area contributed by atoms with Crippen molar-refractivity contribution >= 4 is 77.6 Å². The van der Waals surface area contributed by atoms with E-state index in [1.165, 1.54) is 76.0 Å². The smallest absolute Gasteiger partial charge is 0.0625 e. The molecule has 1 heterocycles. The molecule has 0 atom stereocenters. The zero-order chi connectivity index (χ0) is 34.8. The van der Waals surface area contributed by atoms with Crippen molar-refractivity contribution in [2.75, 3.05) is 0 Å². The standard InChI is InChI=1S/C51H35N/c1-3-4-14-36-31-48-46-22-11-12-24-49(46)52(38-28-25-35(26-29-38)40-23-13-16-34-15-5-6-17-39(34)40)51(48)50(33(36)2)37-27-30-45-43-20-8-7-18-41(43)42-19-9-10-21-44(42)47(45)32-37/h3-32H,2H2,1H3/b4-3-,36-14-. The predicted molar refractivity (Wildman–Crippen MR) is 226 cm³/mol. The van der Waals surface area contributed by atoms with Crippen LogP contribution >= 0.6 is 0 Å². The lowest BCUT2D eigenvalue weighted by Crippen LogP contribution is -2.25. The molecular formula is C51H35N. The van der Waals surface area contributed by atoms with Gasteiger partial charge in [0.05, 0.1) is 11.0 Å². The first-order valence-electron chi connectivity index (χ1n) is 18.0. The number of hydrogen-bond acceptors (Lipinski definition) is 0. The van der Waals surface area contributed by atoms with Crippen LogP contribution in [-0.2, 0) is 0 Å². The van der Waals surface area contributed by atoms with Crippen LogP contribution in [0.1, 0.15) is 6.92 Å². The molecule has 0 bridgehead atoms. The number of rotatable bonds is 4. The monoisotopic (exact) mass is 661 g/mol. The molecule has 0 N–H and O–H groups in total. The predicted octanol–water partition coefficient (Wildman–Crippen LogP) is 12.5. The quantitative estimate of drug-likeness (QED) is 0.165. The average Bonchev–Trinajstić information content (AvgIpc) is 3.53. The molecule has 1 aromatic heterocycles. The van der Waals surface area contributed by atoms with E-state index in [9.17, 15) is 0 Å². The van der Waals surface area contributed by atoms with E-state index in [-0.39, 0.29) is 0 Å². The van der Waals surface area contributed by atoms with Crippen LogP contribution in [0.15, 0.2) is 176 Å². The minimum Gasteiger partial charge on any atom is -0.309 e. The molecule has 10 rings (SSSR count). The highest BCUT2D eigenvalue weighted by Gasteiger charge is 2.19. The highest BCUT2D eigenvalue weighted by Crippen LogP contribution is 2.40. The summed E-state index contributed by atoms with van der Waals surface area (Å²) in [6.45, 7) is 6.86. The lowest BCUT2D eigenvalue weighted by Gasteiger charge is -2.16. The number of benzene rings is 9. The van der Waals surface area contributed by atoms with Gasteiger partial charge in [0.1, 0.15) is 0 Å². The number of aromatic nitrogens is 1. The third-order valence-electron chi connectivity index (χ3n) is 10.8. The van der Waals surface area contributed by atoms with Crippen molar-refractivity contribution in [1.29, 1.82) is 0 Å². The van der Waals surface area contributed by atoms with E-state index >= 15 is 0 Å². The summed E-state index contributed by atoms with van der Waals surface area (Å²) < 4.78 is 2.45. The molecule has 1 nitrogen and oxygen atoms in total. The Morgan fingerprint density at radius 2 is 1.06 bits per heavy atom. The van der Waals surface area contributed by atoms with Gasteiger partial charge in [0.15, 0.2) is 0 Å². The van der Waals surface area contributed by atoms with Gasteiger partial charge in [0.25, 0.3) is 0 Å². The molecule has 0 spiro atoms. The van der Waals surface area contributed by atoms with Gasteiger partial charge in [-0.05, 0) is 107 Å². The topological polar surface area (TPSA) is 4.93 Å². The molecule has 0 aliphatic heterocycles. The maximum atomic E-state index is 4.80. The first kappa shape index (κ1) is 30.2. The zero-order valence-electron chi connectivity index (χ0n) is 29.0. The van der Waals surface area contributed by atoms with E-state index in [0.29, 0.717) is 0 Å². The summed E-state index contributed by atoms with van der Waals surface area (Å²) in [5.74, 6) is 0. The molecule has 1 heteroatoms. The van der Waals surface area contributed by atoms with E-state index in [4.69, 9.17) is 6.58 Å². The first-order chi connectivity index (χ1) is 25.7. The van der Waals surface area contributed by atoms with Crippen molar-refractivity contribution in [3.8, 4) is 27.9 Å². The third-order valence-corrected chi connectivity index (χ3v) is 10.8. The van der Waals surface area contributed by atoms with Crippen molar-refractivity contribution < 1.29 is 0 Å². The van der Waals surface area contributed by atoms with Gasteiger partial charge in [-0.3, -0.25) is 0 Å². The van der Waals surface area contributed by atoms with Crippen LogP contribution in [-0.4, -0.2) is 4.57 Å². The Hall–Kier alpha value is -6.70. The molecular weight excluding hydrogens is 627 g/mol. The molecule has 0 saturated heterocycles. The van der Waals surface area contributed by atoms with Crippen molar-refractivity contribution in [3.05, 3.63) is 186 Å². The summed E-state index contributed by atoms with van der Waals surface area (Å²) >= 11 is 0. The lowest BCUT2D eigenvalue weighted by atomic mass is 9.91. The molecule has 0 amide bonds. The lowest BCUT2D eigenvalue weighted by molar-refractivity contribution is 1.18. The highest BCUT2D eigenvalue weighted by molar-refractivity contribution is 6.26. The highest BCUT2D eigenvalue weighted by atomic mass is 15.0. The van der Waals surface area contributed by atoms with Gasteiger partial charge in [-0.25, -0.2) is 0 Å². The van der Waals surface area contributed by atoms with Gasteiger partial charge in [0.2, 0.25) is 0 Å². The van der Waals surface area contributed by atoms with Crippen molar-refractivity contribution in [3.63, 3.8) is 0 Å². The fraction of sp³-hybridized carbons (Fsp3) is 0.0196. The summed E-state index contributed by atoms with van der Waals surface area (Å²) in [7, 11) is 0. The number of fused-ring (bicyclic) bond motifs is 10. The van der Waals surface area contributed by atoms with Crippen LogP contribution in [0.5, 0.6) is 0 Å². The summed E-state index contributed by atoms with van der Waals surface area (Å²) in [6.07, 6.45) is 6.39. The second-order valence-corrected chi connectivity index (χ2v) is 13.7. The number of hydrogen-bond donors (Lipinski definition) is 0. The Balaban J connectivity index is 1.29. The van der Waals surface area contributed by atoms with Crippen LogP contribution < -0.4 is 10.4 Å². The van der Waals surface area contributed by atoms with Gasteiger partial charge in [0, 0.05) is 22.0 Å². The second kappa shape index (κ2) is 12.0. The largest absolute Gasteiger partial charge is 0.309 e. The van der Waals surface area contributed by atoms with Crippen LogP contribution in [0.2, 0.25) is 0 Å². The fourth-order valence-electron chi connectivity index (χ4n) is 8.45. The molecule has 0 aliphatic carbocycles.